The van der Waals surface area contributed by atoms with Crippen molar-refractivity contribution in [2.75, 3.05) is 0 Å². The zero-order chi connectivity index (χ0) is 19.4. The number of rotatable bonds is 2. The first-order chi connectivity index (χ1) is 13.6. The first kappa shape index (κ1) is 16.3. The Hall–Kier alpha value is -3.92. The maximum atomic E-state index is 12.7. The summed E-state index contributed by atoms with van der Waals surface area (Å²) in [5.41, 5.74) is 3.60. The van der Waals surface area contributed by atoms with Gasteiger partial charge in [0.1, 0.15) is 11.5 Å². The van der Waals surface area contributed by atoms with Crippen LogP contribution >= 0.6 is 0 Å². The third-order valence-corrected chi connectivity index (χ3v) is 5.24. The van der Waals surface area contributed by atoms with Crippen LogP contribution in [0.3, 0.4) is 0 Å². The van der Waals surface area contributed by atoms with Crippen molar-refractivity contribution in [3.05, 3.63) is 106 Å². The SMILES string of the molecule is O=C1C(c2ccc(C3=C(O)c4ccccc4C3=O)cc2)=C(O)c2ccccc21. The molecule has 0 amide bonds. The Morgan fingerprint density at radius 1 is 0.464 bits per heavy atom. The van der Waals surface area contributed by atoms with Crippen molar-refractivity contribution >= 4 is 34.2 Å². The highest BCUT2D eigenvalue weighted by Gasteiger charge is 2.32. The van der Waals surface area contributed by atoms with E-state index in [2.05, 4.69) is 0 Å². The van der Waals surface area contributed by atoms with Crippen LogP contribution in [0.2, 0.25) is 0 Å². The fourth-order valence-electron chi connectivity index (χ4n) is 3.87. The smallest absolute Gasteiger partial charge is 0.198 e. The van der Waals surface area contributed by atoms with Crippen LogP contribution in [-0.2, 0) is 0 Å². The van der Waals surface area contributed by atoms with Crippen molar-refractivity contribution < 1.29 is 19.8 Å². The van der Waals surface area contributed by atoms with Crippen molar-refractivity contribution in [2.24, 2.45) is 0 Å². The van der Waals surface area contributed by atoms with Gasteiger partial charge < -0.3 is 10.2 Å². The number of aliphatic hydroxyl groups is 2. The van der Waals surface area contributed by atoms with Gasteiger partial charge in [0.2, 0.25) is 0 Å². The lowest BCUT2D eigenvalue weighted by molar-refractivity contribution is 0.105. The second-order valence-corrected chi connectivity index (χ2v) is 6.77. The molecule has 0 saturated carbocycles. The van der Waals surface area contributed by atoms with E-state index < -0.39 is 0 Å². The van der Waals surface area contributed by atoms with Crippen molar-refractivity contribution in [2.45, 2.75) is 0 Å². The van der Waals surface area contributed by atoms with Gasteiger partial charge in [-0.05, 0) is 11.1 Å². The summed E-state index contributed by atoms with van der Waals surface area (Å²) >= 11 is 0. The molecule has 2 N–H and O–H groups in total. The zero-order valence-corrected chi connectivity index (χ0v) is 14.6. The minimum atomic E-state index is -0.229. The average molecular weight is 366 g/mol. The molecule has 134 valence electrons. The summed E-state index contributed by atoms with van der Waals surface area (Å²) in [6.45, 7) is 0. The molecule has 0 spiro atoms. The third kappa shape index (κ3) is 2.12. The number of benzene rings is 3. The topological polar surface area (TPSA) is 74.6 Å². The molecule has 0 radical (unpaired) electrons. The number of hydrogen-bond acceptors (Lipinski definition) is 4. The Morgan fingerprint density at radius 2 is 0.786 bits per heavy atom. The Kier molecular flexibility index (Phi) is 3.36. The quantitative estimate of drug-likeness (QED) is 0.674. The highest BCUT2D eigenvalue weighted by Crippen LogP contribution is 2.39. The fraction of sp³-hybridized carbons (Fsp3) is 0. The molecular formula is C24H14O4. The summed E-state index contributed by atoms with van der Waals surface area (Å²) < 4.78 is 0. The van der Waals surface area contributed by atoms with Gasteiger partial charge in [-0.15, -0.1) is 0 Å². The maximum Gasteiger partial charge on any atom is 0.198 e. The average Bonchev–Trinajstić information content (AvgIpc) is 3.14. The molecule has 0 aliphatic heterocycles. The van der Waals surface area contributed by atoms with Crippen LogP contribution in [0.25, 0.3) is 22.7 Å². The summed E-state index contributed by atoms with van der Waals surface area (Å²) in [6, 6.07) is 20.6. The lowest BCUT2D eigenvalue weighted by Crippen LogP contribution is -2.00. The molecular weight excluding hydrogens is 352 g/mol. The number of hydrogen-bond donors (Lipinski definition) is 2. The number of allylic oxidation sites excluding steroid dienone is 2. The second kappa shape index (κ2) is 5.79. The third-order valence-electron chi connectivity index (χ3n) is 5.24. The Bertz CT molecular complexity index is 1150. The molecule has 3 aromatic carbocycles. The molecule has 0 fully saturated rings. The molecule has 5 rings (SSSR count). The molecule has 0 unspecified atom stereocenters. The number of ketones is 2. The molecule has 2 aliphatic carbocycles. The maximum absolute atomic E-state index is 12.7. The van der Waals surface area contributed by atoms with Crippen LogP contribution < -0.4 is 0 Å². The molecule has 0 bridgehead atoms. The molecule has 4 nitrogen and oxygen atoms in total. The number of aliphatic hydroxyl groups excluding tert-OH is 2. The molecule has 0 heterocycles. The number of carbonyl (C=O) groups is 2. The van der Waals surface area contributed by atoms with Crippen LogP contribution in [0.15, 0.2) is 72.8 Å². The summed E-state index contributed by atoms with van der Waals surface area (Å²) in [4.78, 5) is 25.4. The highest BCUT2D eigenvalue weighted by molar-refractivity contribution is 6.40. The predicted octanol–water partition coefficient (Wildman–Crippen LogP) is 4.93. The summed E-state index contributed by atoms with van der Waals surface area (Å²) in [5.74, 6) is -0.543. The van der Waals surface area contributed by atoms with E-state index in [9.17, 15) is 19.8 Å². The van der Waals surface area contributed by atoms with Gasteiger partial charge in [-0.1, -0.05) is 72.8 Å². The normalized spacial score (nSPS) is 15.3. The van der Waals surface area contributed by atoms with Gasteiger partial charge in [0.25, 0.3) is 0 Å². The molecule has 0 aromatic heterocycles. The van der Waals surface area contributed by atoms with Crippen molar-refractivity contribution in [3.8, 4) is 0 Å². The van der Waals surface area contributed by atoms with E-state index in [1.807, 2.05) is 0 Å². The van der Waals surface area contributed by atoms with Crippen molar-refractivity contribution in [3.63, 3.8) is 0 Å². The van der Waals surface area contributed by atoms with Crippen molar-refractivity contribution in [1.82, 2.24) is 0 Å². The van der Waals surface area contributed by atoms with E-state index >= 15 is 0 Å². The molecule has 4 heteroatoms. The minimum absolute atomic E-state index is 0.0419. The lowest BCUT2D eigenvalue weighted by atomic mass is 9.97. The molecule has 2 aliphatic rings. The number of Topliss-reactive ketones (excluding diaryl/α,β-unsaturated/α-hetero) is 2. The van der Waals surface area contributed by atoms with E-state index in [0.29, 0.717) is 33.4 Å². The highest BCUT2D eigenvalue weighted by atomic mass is 16.3. The standard InChI is InChI=1S/C24H14O4/c25-21-15-5-1-2-6-16(15)22(26)19(21)13-9-11-14(12-10-13)20-23(27)17-7-3-4-8-18(17)24(20)28/h1-12,25,27H. The zero-order valence-electron chi connectivity index (χ0n) is 14.6. The van der Waals surface area contributed by atoms with E-state index in [0.717, 1.165) is 0 Å². The van der Waals surface area contributed by atoms with E-state index in [4.69, 9.17) is 0 Å². The van der Waals surface area contributed by atoms with Gasteiger partial charge in [-0.25, -0.2) is 0 Å². The number of fused-ring (bicyclic) bond motifs is 2. The Morgan fingerprint density at radius 3 is 1.11 bits per heavy atom. The second-order valence-electron chi connectivity index (χ2n) is 6.77. The van der Waals surface area contributed by atoms with Crippen LogP contribution in [-0.4, -0.2) is 21.8 Å². The summed E-state index contributed by atoms with van der Waals surface area (Å²) in [5, 5.41) is 21.0. The van der Waals surface area contributed by atoms with Gasteiger partial charge in [-0.3, -0.25) is 9.59 Å². The molecule has 0 atom stereocenters. The van der Waals surface area contributed by atoms with E-state index in [1.54, 1.807) is 72.8 Å². The van der Waals surface area contributed by atoms with E-state index in [-0.39, 0.29) is 34.2 Å². The van der Waals surface area contributed by atoms with Gasteiger partial charge in [0.05, 0.1) is 11.1 Å². The molecule has 3 aromatic rings. The largest absolute Gasteiger partial charge is 0.507 e. The first-order valence-corrected chi connectivity index (χ1v) is 8.83. The van der Waals surface area contributed by atoms with Crippen molar-refractivity contribution in [1.29, 1.82) is 0 Å². The van der Waals surface area contributed by atoms with E-state index in [1.165, 1.54) is 0 Å². The van der Waals surface area contributed by atoms with Crippen LogP contribution in [0.5, 0.6) is 0 Å². The fourth-order valence-corrected chi connectivity index (χ4v) is 3.87. The van der Waals surface area contributed by atoms with Crippen LogP contribution in [0.1, 0.15) is 43.0 Å². The van der Waals surface area contributed by atoms with Gasteiger partial charge >= 0.3 is 0 Å². The summed E-state index contributed by atoms with van der Waals surface area (Å²) in [7, 11) is 0. The monoisotopic (exact) mass is 366 g/mol. The van der Waals surface area contributed by atoms with Crippen LogP contribution in [0, 0.1) is 0 Å². The van der Waals surface area contributed by atoms with Crippen LogP contribution in [0.4, 0.5) is 0 Å². The lowest BCUT2D eigenvalue weighted by Gasteiger charge is -2.06. The summed E-state index contributed by atoms with van der Waals surface area (Å²) in [6.07, 6.45) is 0. The predicted molar refractivity (Wildman–Crippen MR) is 107 cm³/mol. The molecule has 28 heavy (non-hydrogen) atoms. The molecule has 0 saturated heterocycles. The Balaban J connectivity index is 1.55. The first-order valence-electron chi connectivity index (χ1n) is 8.83. The van der Waals surface area contributed by atoms with Gasteiger partial charge in [0, 0.05) is 22.3 Å². The number of carbonyl (C=O) groups excluding carboxylic acids is 2. The van der Waals surface area contributed by atoms with Gasteiger partial charge in [0.15, 0.2) is 11.6 Å². The Labute approximate surface area is 160 Å². The van der Waals surface area contributed by atoms with Gasteiger partial charge in [-0.2, -0.15) is 0 Å². The minimum Gasteiger partial charge on any atom is -0.507 e.